The molecule has 7 aromatic rings. The van der Waals surface area contributed by atoms with Gasteiger partial charge in [-0.15, -0.1) is 0 Å². The molecule has 2 unspecified atom stereocenters. The lowest BCUT2D eigenvalue weighted by Crippen LogP contribution is -2.15. The molecular formula is C55H54. The van der Waals surface area contributed by atoms with Crippen molar-refractivity contribution in [3.63, 3.8) is 0 Å². The first-order chi connectivity index (χ1) is 26.7. The maximum Gasteiger partial charge on any atom is 0.0121 e. The van der Waals surface area contributed by atoms with Crippen molar-refractivity contribution < 1.29 is 0 Å². The molecule has 0 spiro atoms. The van der Waals surface area contributed by atoms with Gasteiger partial charge in [-0.2, -0.15) is 0 Å². The third-order valence-electron chi connectivity index (χ3n) is 11.3. The van der Waals surface area contributed by atoms with Gasteiger partial charge in [0.25, 0.3) is 0 Å². The van der Waals surface area contributed by atoms with E-state index in [0.717, 1.165) is 6.42 Å². The quantitative estimate of drug-likeness (QED) is 0.126. The maximum atomic E-state index is 4.06. The van der Waals surface area contributed by atoms with Crippen LogP contribution in [-0.4, -0.2) is 0 Å². The normalized spacial score (nSPS) is 15.5. The van der Waals surface area contributed by atoms with Crippen LogP contribution in [0, 0.1) is 19.8 Å². The van der Waals surface area contributed by atoms with Crippen molar-refractivity contribution in [2.24, 2.45) is 5.92 Å². The van der Waals surface area contributed by atoms with Crippen LogP contribution in [0.15, 0.2) is 169 Å². The molecule has 0 fully saturated rings. The van der Waals surface area contributed by atoms with Crippen molar-refractivity contribution in [1.82, 2.24) is 0 Å². The van der Waals surface area contributed by atoms with E-state index in [9.17, 15) is 0 Å². The molecule has 274 valence electrons. The SMILES string of the molecule is C=CC(=C(C)C)c1cc(C2C3=C(C=CC2C)c2ccccc2C3)ccc1C.CCC.Cc1cccc(-c2ccc3c4ccccc4c4ccccc4c3c2)c1. The van der Waals surface area contributed by atoms with E-state index in [4.69, 9.17) is 0 Å². The molecule has 2 aliphatic carbocycles. The summed E-state index contributed by atoms with van der Waals surface area (Å²) in [4.78, 5) is 0. The van der Waals surface area contributed by atoms with E-state index >= 15 is 0 Å². The van der Waals surface area contributed by atoms with Crippen LogP contribution in [0.3, 0.4) is 0 Å². The maximum absolute atomic E-state index is 4.06. The highest BCUT2D eigenvalue weighted by molar-refractivity contribution is 6.25. The van der Waals surface area contributed by atoms with Gasteiger partial charge in [-0.1, -0.05) is 191 Å². The number of aryl methyl sites for hydroxylation is 2. The number of fused-ring (bicyclic) bond motifs is 8. The molecule has 0 saturated heterocycles. The average molecular weight is 715 g/mol. The van der Waals surface area contributed by atoms with Gasteiger partial charge in [-0.25, -0.2) is 0 Å². The average Bonchev–Trinajstić information content (AvgIpc) is 3.58. The summed E-state index contributed by atoms with van der Waals surface area (Å²) in [6, 6.07) is 48.9. The lowest BCUT2D eigenvalue weighted by Gasteiger charge is -2.29. The van der Waals surface area contributed by atoms with Gasteiger partial charge < -0.3 is 0 Å². The minimum Gasteiger partial charge on any atom is -0.0985 e. The second-order valence-corrected chi connectivity index (χ2v) is 15.6. The van der Waals surface area contributed by atoms with Gasteiger partial charge in [-0.05, 0) is 134 Å². The predicted molar refractivity (Wildman–Crippen MR) is 243 cm³/mol. The zero-order valence-electron chi connectivity index (χ0n) is 33.7. The third kappa shape index (κ3) is 7.39. The molecular weight excluding hydrogens is 661 g/mol. The fourth-order valence-corrected chi connectivity index (χ4v) is 8.68. The molecule has 0 aromatic heterocycles. The molecule has 0 N–H and O–H groups in total. The Bertz CT molecular complexity index is 2600. The van der Waals surface area contributed by atoms with Crippen LogP contribution in [0.5, 0.6) is 0 Å². The van der Waals surface area contributed by atoms with Crippen molar-refractivity contribution in [3.05, 3.63) is 203 Å². The summed E-state index contributed by atoms with van der Waals surface area (Å²) in [6.45, 7) is 19.3. The number of hydrogen-bond acceptors (Lipinski definition) is 0. The van der Waals surface area contributed by atoms with E-state index in [0.29, 0.717) is 11.8 Å². The molecule has 2 aliphatic rings. The third-order valence-corrected chi connectivity index (χ3v) is 11.3. The van der Waals surface area contributed by atoms with Crippen molar-refractivity contribution in [3.8, 4) is 11.1 Å². The van der Waals surface area contributed by atoms with Gasteiger partial charge in [-0.3, -0.25) is 0 Å². The lowest BCUT2D eigenvalue weighted by molar-refractivity contribution is 0.601. The molecule has 0 nitrogen and oxygen atoms in total. The van der Waals surface area contributed by atoms with Crippen molar-refractivity contribution in [2.45, 2.75) is 67.2 Å². The molecule has 55 heavy (non-hydrogen) atoms. The Kier molecular flexibility index (Phi) is 11.2. The summed E-state index contributed by atoms with van der Waals surface area (Å²) in [6.07, 6.45) is 9.07. The van der Waals surface area contributed by atoms with Crippen LogP contribution in [0.4, 0.5) is 0 Å². The van der Waals surface area contributed by atoms with Gasteiger partial charge in [0.2, 0.25) is 0 Å². The molecule has 0 amide bonds. The minimum atomic E-state index is 0.444. The van der Waals surface area contributed by atoms with E-state index in [1.165, 1.54) is 100.0 Å². The largest absolute Gasteiger partial charge is 0.0985 e. The van der Waals surface area contributed by atoms with Crippen molar-refractivity contribution >= 4 is 43.5 Å². The van der Waals surface area contributed by atoms with E-state index in [1.807, 2.05) is 6.08 Å². The summed E-state index contributed by atoms with van der Waals surface area (Å²) >= 11 is 0. The summed E-state index contributed by atoms with van der Waals surface area (Å²) in [7, 11) is 0. The van der Waals surface area contributed by atoms with Crippen molar-refractivity contribution in [2.75, 3.05) is 0 Å². The smallest absolute Gasteiger partial charge is 0.0121 e. The van der Waals surface area contributed by atoms with E-state index in [-0.39, 0.29) is 0 Å². The Hall–Kier alpha value is -5.72. The molecule has 0 bridgehead atoms. The fraction of sp³-hybridized carbons (Fsp3) is 0.200. The van der Waals surface area contributed by atoms with Crippen LogP contribution in [0.1, 0.15) is 80.3 Å². The molecule has 0 heteroatoms. The monoisotopic (exact) mass is 714 g/mol. The first kappa shape index (κ1) is 37.6. The summed E-state index contributed by atoms with van der Waals surface area (Å²) in [5.41, 5.74) is 16.4. The zero-order valence-corrected chi connectivity index (χ0v) is 33.7. The Morgan fingerprint density at radius 2 is 1.25 bits per heavy atom. The Morgan fingerprint density at radius 3 is 1.89 bits per heavy atom. The Labute approximate surface area is 329 Å². The van der Waals surface area contributed by atoms with Crippen LogP contribution >= 0.6 is 0 Å². The van der Waals surface area contributed by atoms with Crippen LogP contribution < -0.4 is 0 Å². The first-order valence-electron chi connectivity index (χ1n) is 20.0. The number of benzene rings is 7. The highest BCUT2D eigenvalue weighted by Crippen LogP contribution is 2.48. The summed E-state index contributed by atoms with van der Waals surface area (Å²) in [5.74, 6) is 0.951. The molecule has 2 atom stereocenters. The second kappa shape index (κ2) is 16.3. The lowest BCUT2D eigenvalue weighted by atomic mass is 9.75. The van der Waals surface area contributed by atoms with Crippen LogP contribution in [-0.2, 0) is 6.42 Å². The predicted octanol–water partition coefficient (Wildman–Crippen LogP) is 15.8. The van der Waals surface area contributed by atoms with E-state index in [2.05, 4.69) is 201 Å². The zero-order chi connectivity index (χ0) is 38.6. The fourth-order valence-electron chi connectivity index (χ4n) is 8.68. The molecule has 0 radical (unpaired) electrons. The number of rotatable bonds is 4. The van der Waals surface area contributed by atoms with Gasteiger partial charge in [0.15, 0.2) is 0 Å². The van der Waals surface area contributed by atoms with Gasteiger partial charge in [0.05, 0.1) is 0 Å². The van der Waals surface area contributed by atoms with Crippen LogP contribution in [0.2, 0.25) is 0 Å². The summed E-state index contributed by atoms with van der Waals surface area (Å²) < 4.78 is 0. The van der Waals surface area contributed by atoms with E-state index < -0.39 is 0 Å². The number of hydrogen-bond donors (Lipinski definition) is 0. The molecule has 0 heterocycles. The van der Waals surface area contributed by atoms with Gasteiger partial charge in [0, 0.05) is 5.92 Å². The Balaban J connectivity index is 0.000000158. The second-order valence-electron chi connectivity index (χ2n) is 15.6. The Morgan fingerprint density at radius 1 is 0.655 bits per heavy atom. The highest BCUT2D eigenvalue weighted by Gasteiger charge is 2.32. The highest BCUT2D eigenvalue weighted by atomic mass is 14.4. The topological polar surface area (TPSA) is 0 Å². The number of allylic oxidation sites excluding steroid dienone is 7. The van der Waals surface area contributed by atoms with Crippen LogP contribution in [0.25, 0.3) is 54.6 Å². The minimum absolute atomic E-state index is 0.444. The molecule has 9 rings (SSSR count). The summed E-state index contributed by atoms with van der Waals surface area (Å²) in [5, 5.41) is 7.96. The van der Waals surface area contributed by atoms with Gasteiger partial charge >= 0.3 is 0 Å². The van der Waals surface area contributed by atoms with Crippen molar-refractivity contribution in [1.29, 1.82) is 0 Å². The molecule has 7 aromatic carbocycles. The molecule has 0 aliphatic heterocycles. The molecule has 0 saturated carbocycles. The van der Waals surface area contributed by atoms with E-state index in [1.54, 1.807) is 5.57 Å². The first-order valence-corrected chi connectivity index (χ1v) is 20.0. The van der Waals surface area contributed by atoms with Gasteiger partial charge in [0.1, 0.15) is 0 Å². The standard InChI is InChI=1S/C27H28.C25H18.C3H8/c1-6-22(17(2)3)25-16-21(13-11-18(25)4)27-19(5)12-14-24-23-10-8-7-9-20(23)15-26(24)27;1-17-7-6-8-18(15-17)19-13-14-24-22-11-3-2-9-20(22)21-10-4-5-12-23(21)25(24)16-19;1-3-2/h6-14,16,19,27H,1,15H2,2-5H3;2-16H,1H3;3H2,1-2H3.